The van der Waals surface area contributed by atoms with Gasteiger partial charge in [0.2, 0.25) is 0 Å². The second-order valence-electron chi connectivity index (χ2n) is 7.79. The lowest BCUT2D eigenvalue weighted by Gasteiger charge is -2.14. The number of carbonyl (C=O) groups excluding carboxylic acids is 2. The van der Waals surface area contributed by atoms with Crippen molar-refractivity contribution >= 4 is 17.3 Å². The first kappa shape index (κ1) is 24.0. The van der Waals surface area contributed by atoms with E-state index in [0.717, 1.165) is 23.3 Å². The van der Waals surface area contributed by atoms with Gasteiger partial charge in [0.05, 0.1) is 5.56 Å². The smallest absolute Gasteiger partial charge is 0.358 e. The molecule has 0 aliphatic carbocycles. The molecule has 0 aliphatic heterocycles. The number of hydrogen-bond donors (Lipinski definition) is 1. The minimum atomic E-state index is -4.36. The van der Waals surface area contributed by atoms with Crippen LogP contribution >= 0.6 is 0 Å². The van der Waals surface area contributed by atoms with Crippen LogP contribution in [-0.2, 0) is 23.8 Å². The molecule has 6 heteroatoms. The van der Waals surface area contributed by atoms with Crippen molar-refractivity contribution in [2.24, 2.45) is 0 Å². The Balaban J connectivity index is 1.82. The van der Waals surface area contributed by atoms with Crippen LogP contribution in [0.5, 0.6) is 0 Å². The quantitative estimate of drug-likeness (QED) is 0.309. The lowest BCUT2D eigenvalue weighted by molar-refractivity contribution is -0.137. The fourth-order valence-electron chi connectivity index (χ4n) is 3.59. The van der Waals surface area contributed by atoms with Crippen molar-refractivity contribution in [1.82, 2.24) is 0 Å². The van der Waals surface area contributed by atoms with E-state index in [-0.39, 0.29) is 11.6 Å². The Kier molecular flexibility index (Phi) is 7.48. The van der Waals surface area contributed by atoms with Gasteiger partial charge in [-0.25, -0.2) is 0 Å². The van der Waals surface area contributed by atoms with E-state index in [1.807, 2.05) is 12.1 Å². The summed E-state index contributed by atoms with van der Waals surface area (Å²) in [5.74, 6) is -0.269. The van der Waals surface area contributed by atoms with E-state index in [1.54, 1.807) is 43.3 Å². The van der Waals surface area contributed by atoms with Gasteiger partial charge in [0.25, 0.3) is 0 Å². The maximum atomic E-state index is 13.4. The van der Waals surface area contributed by atoms with Crippen molar-refractivity contribution in [2.45, 2.75) is 32.9 Å². The minimum Gasteiger partial charge on any atom is -0.358 e. The van der Waals surface area contributed by atoms with Crippen LogP contribution in [-0.4, -0.2) is 11.6 Å². The molecule has 3 aromatic rings. The summed E-state index contributed by atoms with van der Waals surface area (Å²) in [6.45, 7) is 3.20. The van der Waals surface area contributed by atoms with Gasteiger partial charge in [-0.3, -0.25) is 9.59 Å². The van der Waals surface area contributed by atoms with Crippen LogP contribution in [0.2, 0.25) is 0 Å². The molecule has 0 heterocycles. The topological polar surface area (TPSA) is 46.2 Å². The molecular formula is C27H24F3NO2. The van der Waals surface area contributed by atoms with Crippen LogP contribution in [0.3, 0.4) is 0 Å². The number of benzene rings is 3. The van der Waals surface area contributed by atoms with Crippen molar-refractivity contribution in [1.29, 1.82) is 0 Å². The van der Waals surface area contributed by atoms with Gasteiger partial charge >= 0.3 is 6.18 Å². The molecule has 0 bridgehead atoms. The van der Waals surface area contributed by atoms with Gasteiger partial charge in [0.1, 0.15) is 0 Å². The molecule has 3 nitrogen and oxygen atoms in total. The average Bonchev–Trinajstić information content (AvgIpc) is 2.77. The second-order valence-corrected chi connectivity index (χ2v) is 7.79. The Morgan fingerprint density at radius 1 is 0.818 bits per heavy atom. The summed E-state index contributed by atoms with van der Waals surface area (Å²) in [6, 6.07) is 19.4. The molecule has 33 heavy (non-hydrogen) atoms. The van der Waals surface area contributed by atoms with E-state index in [9.17, 15) is 22.8 Å². The number of hydrogen-bond acceptors (Lipinski definition) is 3. The molecule has 0 saturated heterocycles. The zero-order valence-corrected chi connectivity index (χ0v) is 18.4. The molecule has 0 saturated carbocycles. The van der Waals surface area contributed by atoms with Gasteiger partial charge in [0.15, 0.2) is 11.6 Å². The number of aryl methyl sites for hydroxylation is 2. The summed E-state index contributed by atoms with van der Waals surface area (Å²) in [5.41, 5.74) is 3.11. The summed E-state index contributed by atoms with van der Waals surface area (Å²) in [7, 11) is 0. The molecular weight excluding hydrogens is 427 g/mol. The van der Waals surface area contributed by atoms with Crippen molar-refractivity contribution in [3.05, 3.63) is 112 Å². The normalized spacial score (nSPS) is 11.8. The standard InChI is InChI=1S/C27H24F3NO2/c1-18(17-19(2)32)31-25-10-6-5-9-24(25)26(33)23-8-4-3-7-21(23)14-11-20-12-15-22(16-13-20)27(28,29)30/h3-10,12-13,15-17,31H,11,14H2,1-2H3/b18-17-. The summed E-state index contributed by atoms with van der Waals surface area (Å²) in [6.07, 6.45) is -1.90. The second kappa shape index (κ2) is 10.3. The average molecular weight is 451 g/mol. The van der Waals surface area contributed by atoms with Crippen molar-refractivity contribution in [2.75, 3.05) is 5.32 Å². The third kappa shape index (κ3) is 6.42. The number of rotatable bonds is 8. The van der Waals surface area contributed by atoms with Crippen molar-refractivity contribution in [3.8, 4) is 0 Å². The zero-order chi connectivity index (χ0) is 24.0. The van der Waals surface area contributed by atoms with E-state index < -0.39 is 11.7 Å². The predicted octanol–water partition coefficient (Wildman–Crippen LogP) is 6.63. The number of nitrogens with one attached hydrogen (secondary N) is 1. The van der Waals surface area contributed by atoms with E-state index in [1.165, 1.54) is 25.1 Å². The molecule has 0 aromatic heterocycles. The van der Waals surface area contributed by atoms with E-state index in [4.69, 9.17) is 0 Å². The fourth-order valence-corrected chi connectivity index (χ4v) is 3.59. The number of para-hydroxylation sites is 1. The Labute approximate surface area is 191 Å². The lowest BCUT2D eigenvalue weighted by Crippen LogP contribution is -2.10. The lowest BCUT2D eigenvalue weighted by atomic mass is 9.93. The zero-order valence-electron chi connectivity index (χ0n) is 18.4. The SMILES string of the molecule is CC(=O)/C=C(/C)Nc1ccccc1C(=O)c1ccccc1CCc1ccc(C(F)(F)F)cc1. The molecule has 0 unspecified atom stereocenters. The van der Waals surface area contributed by atoms with E-state index in [2.05, 4.69) is 5.32 Å². The first-order valence-electron chi connectivity index (χ1n) is 10.5. The predicted molar refractivity (Wildman–Crippen MR) is 123 cm³/mol. The monoisotopic (exact) mass is 451 g/mol. The Morgan fingerprint density at radius 3 is 2.06 bits per heavy atom. The largest absolute Gasteiger partial charge is 0.416 e. The molecule has 0 fully saturated rings. The molecule has 1 N–H and O–H groups in total. The number of ketones is 2. The number of carbonyl (C=O) groups is 2. The van der Waals surface area contributed by atoms with Gasteiger partial charge in [-0.05, 0) is 68.2 Å². The number of allylic oxidation sites excluding steroid dienone is 2. The van der Waals surface area contributed by atoms with Crippen LogP contribution in [0.4, 0.5) is 18.9 Å². The van der Waals surface area contributed by atoms with Crippen LogP contribution in [0, 0.1) is 0 Å². The van der Waals surface area contributed by atoms with Crippen molar-refractivity contribution in [3.63, 3.8) is 0 Å². The number of alkyl halides is 3. The molecule has 0 spiro atoms. The molecule has 3 aromatic carbocycles. The van der Waals surface area contributed by atoms with E-state index in [0.29, 0.717) is 35.4 Å². The summed E-state index contributed by atoms with van der Waals surface area (Å²) in [4.78, 5) is 24.8. The first-order valence-corrected chi connectivity index (χ1v) is 10.5. The van der Waals surface area contributed by atoms with Crippen LogP contribution in [0.15, 0.2) is 84.6 Å². The highest BCUT2D eigenvalue weighted by atomic mass is 19.4. The third-order valence-corrected chi connectivity index (χ3v) is 5.15. The Morgan fingerprint density at radius 2 is 1.42 bits per heavy atom. The molecule has 0 amide bonds. The highest BCUT2D eigenvalue weighted by Crippen LogP contribution is 2.29. The maximum Gasteiger partial charge on any atom is 0.416 e. The Bertz CT molecular complexity index is 1180. The molecule has 0 aliphatic rings. The van der Waals surface area contributed by atoms with Gasteiger partial charge in [0, 0.05) is 22.5 Å². The van der Waals surface area contributed by atoms with E-state index >= 15 is 0 Å². The van der Waals surface area contributed by atoms with Gasteiger partial charge < -0.3 is 5.32 Å². The van der Waals surface area contributed by atoms with Gasteiger partial charge in [-0.1, -0.05) is 48.5 Å². The summed E-state index contributed by atoms with van der Waals surface area (Å²) < 4.78 is 38.4. The molecule has 0 radical (unpaired) electrons. The molecule has 170 valence electrons. The molecule has 3 rings (SSSR count). The van der Waals surface area contributed by atoms with Crippen LogP contribution in [0.1, 0.15) is 46.5 Å². The summed E-state index contributed by atoms with van der Waals surface area (Å²) in [5, 5.41) is 3.11. The number of anilines is 1. The van der Waals surface area contributed by atoms with Gasteiger partial charge in [-0.15, -0.1) is 0 Å². The highest BCUT2D eigenvalue weighted by Gasteiger charge is 2.29. The fraction of sp³-hybridized carbons (Fsp3) is 0.185. The Hall–Kier alpha value is -3.67. The third-order valence-electron chi connectivity index (χ3n) is 5.15. The summed E-state index contributed by atoms with van der Waals surface area (Å²) >= 11 is 0. The van der Waals surface area contributed by atoms with Crippen LogP contribution in [0.25, 0.3) is 0 Å². The first-order chi connectivity index (χ1) is 15.6. The maximum absolute atomic E-state index is 13.4. The molecule has 0 atom stereocenters. The minimum absolute atomic E-state index is 0.0996. The van der Waals surface area contributed by atoms with Crippen LogP contribution < -0.4 is 5.32 Å². The van der Waals surface area contributed by atoms with Crippen molar-refractivity contribution < 1.29 is 22.8 Å². The van der Waals surface area contributed by atoms with Gasteiger partial charge in [-0.2, -0.15) is 13.2 Å². The number of halogens is 3. The highest BCUT2D eigenvalue weighted by molar-refractivity contribution is 6.13.